The van der Waals surface area contributed by atoms with Crippen LogP contribution in [0, 0.1) is 13.8 Å². The summed E-state index contributed by atoms with van der Waals surface area (Å²) < 4.78 is 4.18. The summed E-state index contributed by atoms with van der Waals surface area (Å²) in [5, 5.41) is 0. The molecule has 202 valence electrons. The number of rotatable bonds is 6. The van der Waals surface area contributed by atoms with Crippen LogP contribution < -0.4 is 0 Å². The van der Waals surface area contributed by atoms with Crippen molar-refractivity contribution in [2.24, 2.45) is 0 Å². The molecule has 42 heavy (non-hydrogen) atoms. The first-order chi connectivity index (χ1) is 20.6. The van der Waals surface area contributed by atoms with Gasteiger partial charge in [-0.1, -0.05) is 108 Å². The number of imidazole rings is 2. The van der Waals surface area contributed by atoms with Crippen molar-refractivity contribution in [2.75, 3.05) is 0 Å². The lowest BCUT2D eigenvalue weighted by Gasteiger charge is -1.99. The maximum absolute atomic E-state index is 4.86. The zero-order valence-electron chi connectivity index (χ0n) is 23.6. The molecule has 0 spiro atoms. The highest BCUT2D eigenvalue weighted by atomic mass is 15.0. The minimum absolute atomic E-state index is 0.925. The van der Waals surface area contributed by atoms with Gasteiger partial charge >= 0.3 is 0 Å². The first kappa shape index (κ1) is 25.5. The number of benzene rings is 3. The molecule has 4 heterocycles. The third kappa shape index (κ3) is 5.43. The normalized spacial score (nSPS) is 11.9. The molecule has 0 fully saturated rings. The molecule has 4 heteroatoms. The van der Waals surface area contributed by atoms with Gasteiger partial charge in [0.2, 0.25) is 0 Å². The highest BCUT2D eigenvalue weighted by molar-refractivity contribution is 5.73. The van der Waals surface area contributed by atoms with Crippen LogP contribution in [0.2, 0.25) is 0 Å². The van der Waals surface area contributed by atoms with Crippen molar-refractivity contribution in [3.8, 4) is 22.5 Å². The van der Waals surface area contributed by atoms with Gasteiger partial charge in [0.15, 0.2) is 0 Å². The maximum atomic E-state index is 4.86. The Hall–Kier alpha value is -5.48. The van der Waals surface area contributed by atoms with E-state index >= 15 is 0 Å². The fourth-order valence-electron chi connectivity index (χ4n) is 5.05. The fourth-order valence-corrected chi connectivity index (χ4v) is 5.05. The first-order valence-electron chi connectivity index (χ1n) is 14.1. The monoisotopic (exact) mass is 542 g/mol. The van der Waals surface area contributed by atoms with Crippen LogP contribution in [0.5, 0.6) is 0 Å². The van der Waals surface area contributed by atoms with Gasteiger partial charge in [-0.3, -0.25) is 0 Å². The molecule has 7 rings (SSSR count). The second-order valence-electron chi connectivity index (χ2n) is 10.8. The van der Waals surface area contributed by atoms with Gasteiger partial charge in [-0.05, 0) is 60.4 Å². The summed E-state index contributed by atoms with van der Waals surface area (Å²) >= 11 is 0. The van der Waals surface area contributed by atoms with Crippen molar-refractivity contribution < 1.29 is 0 Å². The number of pyridine rings is 2. The van der Waals surface area contributed by atoms with E-state index in [1.165, 1.54) is 22.3 Å². The second-order valence-corrected chi connectivity index (χ2v) is 10.8. The molecule has 3 aromatic carbocycles. The Bertz CT molecular complexity index is 1920. The molecule has 0 amide bonds. The van der Waals surface area contributed by atoms with Crippen LogP contribution in [0.4, 0.5) is 0 Å². The average molecular weight is 543 g/mol. The van der Waals surface area contributed by atoms with Gasteiger partial charge in [0.25, 0.3) is 0 Å². The molecule has 0 N–H and O–H groups in total. The zero-order valence-corrected chi connectivity index (χ0v) is 23.6. The maximum Gasteiger partial charge on any atom is 0.137 e. The lowest BCUT2D eigenvalue weighted by Crippen LogP contribution is -1.83. The Morgan fingerprint density at radius 3 is 1.17 bits per heavy atom. The molecule has 0 aliphatic heterocycles. The van der Waals surface area contributed by atoms with E-state index in [1.807, 2.05) is 0 Å². The van der Waals surface area contributed by atoms with Crippen molar-refractivity contribution >= 4 is 35.6 Å². The molecule has 0 saturated carbocycles. The number of hydrogen-bond acceptors (Lipinski definition) is 2. The average Bonchev–Trinajstić information content (AvgIpc) is 3.64. The standard InChI is InChI=1S/C38H30N4/c1-27-3-7-29(8-4-27)11-13-31-15-21-37-39-35(25-41(37)23-31)33-17-19-34(20-18-33)36-26-42-24-32(16-22-38(42)40-36)14-12-30-9-5-28(2)6-10-30/h3-26H,1-2H3. The van der Waals surface area contributed by atoms with Crippen LogP contribution in [0.1, 0.15) is 33.4 Å². The summed E-state index contributed by atoms with van der Waals surface area (Å²) in [5.41, 5.74) is 13.1. The Morgan fingerprint density at radius 2 is 0.762 bits per heavy atom. The molecule has 4 aromatic heterocycles. The Morgan fingerprint density at radius 1 is 0.405 bits per heavy atom. The fraction of sp³-hybridized carbons (Fsp3) is 0.0526. The van der Waals surface area contributed by atoms with Crippen molar-refractivity contribution in [1.29, 1.82) is 0 Å². The van der Waals surface area contributed by atoms with Gasteiger partial charge in [-0.25, -0.2) is 9.97 Å². The van der Waals surface area contributed by atoms with E-state index in [4.69, 9.17) is 9.97 Å². The predicted octanol–water partition coefficient (Wildman–Crippen LogP) is 9.27. The molecule has 0 aliphatic rings. The second kappa shape index (κ2) is 10.8. The molecule has 4 nitrogen and oxygen atoms in total. The molecule has 0 unspecified atom stereocenters. The SMILES string of the molecule is Cc1ccc(C=Cc2ccc3nc(-c4ccc(-c5cn6cc(C=Cc7ccc(C)cc7)ccc6n5)cc4)cn3c2)cc1. The third-order valence-electron chi connectivity index (χ3n) is 7.52. The van der Waals surface area contributed by atoms with Crippen LogP contribution in [-0.4, -0.2) is 18.8 Å². The van der Waals surface area contributed by atoms with Crippen molar-refractivity contribution in [3.05, 3.63) is 155 Å². The summed E-state index contributed by atoms with van der Waals surface area (Å²) in [7, 11) is 0. The molecule has 0 saturated heterocycles. The first-order valence-corrected chi connectivity index (χ1v) is 14.1. The molecule has 0 bridgehead atoms. The lowest BCUT2D eigenvalue weighted by atomic mass is 10.1. The summed E-state index contributed by atoms with van der Waals surface area (Å²) in [6, 6.07) is 33.9. The molecular weight excluding hydrogens is 512 g/mol. The van der Waals surface area contributed by atoms with E-state index in [1.54, 1.807) is 0 Å². The van der Waals surface area contributed by atoms with Crippen LogP contribution >= 0.6 is 0 Å². The number of fused-ring (bicyclic) bond motifs is 2. The summed E-state index contributed by atoms with van der Waals surface area (Å²) in [5.74, 6) is 0. The Balaban J connectivity index is 1.09. The van der Waals surface area contributed by atoms with Gasteiger partial charge in [0, 0.05) is 35.9 Å². The van der Waals surface area contributed by atoms with E-state index in [0.29, 0.717) is 0 Å². The largest absolute Gasteiger partial charge is 0.306 e. The Labute approximate surface area is 245 Å². The molecule has 0 aliphatic carbocycles. The van der Waals surface area contributed by atoms with Gasteiger partial charge in [0.1, 0.15) is 11.3 Å². The van der Waals surface area contributed by atoms with Crippen molar-refractivity contribution in [1.82, 2.24) is 18.8 Å². The number of aryl methyl sites for hydroxylation is 2. The van der Waals surface area contributed by atoms with E-state index in [2.05, 4.69) is 169 Å². The smallest absolute Gasteiger partial charge is 0.137 e. The number of aromatic nitrogens is 4. The van der Waals surface area contributed by atoms with E-state index < -0.39 is 0 Å². The Kier molecular flexibility index (Phi) is 6.57. The topological polar surface area (TPSA) is 34.6 Å². The lowest BCUT2D eigenvalue weighted by molar-refractivity contribution is 1.18. The molecule has 7 aromatic rings. The minimum atomic E-state index is 0.925. The van der Waals surface area contributed by atoms with Crippen molar-refractivity contribution in [3.63, 3.8) is 0 Å². The highest BCUT2D eigenvalue weighted by Crippen LogP contribution is 2.25. The van der Waals surface area contributed by atoms with Crippen LogP contribution in [0.15, 0.2) is 122 Å². The van der Waals surface area contributed by atoms with E-state index in [0.717, 1.165) is 44.9 Å². The van der Waals surface area contributed by atoms with Crippen LogP contribution in [-0.2, 0) is 0 Å². The highest BCUT2D eigenvalue weighted by Gasteiger charge is 2.08. The summed E-state index contributed by atoms with van der Waals surface area (Å²) in [6.45, 7) is 4.21. The summed E-state index contributed by atoms with van der Waals surface area (Å²) in [4.78, 5) is 9.71. The predicted molar refractivity (Wildman–Crippen MR) is 175 cm³/mol. The molecular formula is C38H30N4. The van der Waals surface area contributed by atoms with E-state index in [9.17, 15) is 0 Å². The quantitative estimate of drug-likeness (QED) is 0.210. The van der Waals surface area contributed by atoms with Gasteiger partial charge in [0.05, 0.1) is 11.4 Å². The van der Waals surface area contributed by atoms with Crippen molar-refractivity contribution in [2.45, 2.75) is 13.8 Å². The zero-order chi connectivity index (χ0) is 28.5. The number of hydrogen-bond donors (Lipinski definition) is 0. The summed E-state index contributed by atoms with van der Waals surface area (Å²) in [6.07, 6.45) is 17.0. The van der Waals surface area contributed by atoms with E-state index in [-0.39, 0.29) is 0 Å². The molecule has 0 radical (unpaired) electrons. The molecule has 0 atom stereocenters. The van der Waals surface area contributed by atoms with Crippen LogP contribution in [0.25, 0.3) is 58.1 Å². The minimum Gasteiger partial charge on any atom is -0.306 e. The van der Waals surface area contributed by atoms with Gasteiger partial charge in [-0.15, -0.1) is 0 Å². The van der Waals surface area contributed by atoms with Crippen LogP contribution in [0.3, 0.4) is 0 Å². The van der Waals surface area contributed by atoms with Gasteiger partial charge in [-0.2, -0.15) is 0 Å². The number of nitrogens with zero attached hydrogens (tertiary/aromatic N) is 4. The third-order valence-corrected chi connectivity index (χ3v) is 7.52. The van der Waals surface area contributed by atoms with Gasteiger partial charge < -0.3 is 8.80 Å².